The molecule has 0 heterocycles. The molecule has 0 aliphatic rings. The van der Waals surface area contributed by atoms with E-state index in [1.54, 1.807) is 0 Å². The van der Waals surface area contributed by atoms with E-state index in [-0.39, 0.29) is 5.25 Å². The van der Waals surface area contributed by atoms with E-state index in [1.165, 1.54) is 0 Å². The van der Waals surface area contributed by atoms with E-state index in [4.69, 9.17) is 0 Å². The van der Waals surface area contributed by atoms with Crippen molar-refractivity contribution in [3.63, 3.8) is 0 Å². The van der Waals surface area contributed by atoms with Gasteiger partial charge < -0.3 is 0 Å². The van der Waals surface area contributed by atoms with Gasteiger partial charge in [0, 0.05) is 10.5 Å². The first-order chi connectivity index (χ1) is 4.66. The summed E-state index contributed by atoms with van der Waals surface area (Å²) in [7, 11) is 0. The predicted molar refractivity (Wildman–Crippen MR) is 55.2 cm³/mol. The monoisotopic (exact) mass is 174 g/mol. The standard InChI is InChI=1S/C8H14S2/c1-3-4-8(10)6-5-7(2)9/h3-10H,1-2H3. The minimum Gasteiger partial charge on any atom is -0.172 e. The van der Waals surface area contributed by atoms with Gasteiger partial charge in [0.15, 0.2) is 0 Å². The van der Waals surface area contributed by atoms with Crippen LogP contribution in [0.5, 0.6) is 0 Å². The number of rotatable bonds is 3. The van der Waals surface area contributed by atoms with Crippen LogP contribution in [0.1, 0.15) is 13.8 Å². The maximum absolute atomic E-state index is 4.28. The second-order valence-electron chi connectivity index (χ2n) is 2.14. The lowest BCUT2D eigenvalue weighted by Gasteiger charge is -1.97. The zero-order valence-electron chi connectivity index (χ0n) is 6.36. The van der Waals surface area contributed by atoms with Crippen molar-refractivity contribution in [3.8, 4) is 0 Å². The summed E-state index contributed by atoms with van der Waals surface area (Å²) in [6.45, 7) is 4.01. The van der Waals surface area contributed by atoms with Crippen LogP contribution in [0.25, 0.3) is 0 Å². The predicted octanol–water partition coefficient (Wildman–Crippen LogP) is 2.74. The minimum atomic E-state index is 0.236. The lowest BCUT2D eigenvalue weighted by atomic mass is 10.3. The molecule has 0 amide bonds. The summed E-state index contributed by atoms with van der Waals surface area (Å²) < 4.78 is 0. The fourth-order valence-corrected chi connectivity index (χ4v) is 0.907. The molecule has 2 heteroatoms. The van der Waals surface area contributed by atoms with Crippen LogP contribution in [-0.2, 0) is 0 Å². The van der Waals surface area contributed by atoms with Crippen molar-refractivity contribution in [2.45, 2.75) is 24.3 Å². The highest BCUT2D eigenvalue weighted by Crippen LogP contribution is 2.02. The summed E-state index contributed by atoms with van der Waals surface area (Å²) >= 11 is 8.47. The van der Waals surface area contributed by atoms with E-state index < -0.39 is 0 Å². The second kappa shape index (κ2) is 5.93. The average molecular weight is 174 g/mol. The van der Waals surface area contributed by atoms with Gasteiger partial charge in [-0.05, 0) is 6.92 Å². The SMILES string of the molecule is CC=CC(S)C=CC(C)S. The van der Waals surface area contributed by atoms with E-state index in [0.717, 1.165) is 0 Å². The Bertz CT molecular complexity index is 125. The molecular weight excluding hydrogens is 160 g/mol. The first-order valence-corrected chi connectivity index (χ1v) is 4.37. The summed E-state index contributed by atoms with van der Waals surface area (Å²) in [6, 6.07) is 0. The van der Waals surface area contributed by atoms with Crippen LogP contribution in [0.2, 0.25) is 0 Å². The smallest absolute Gasteiger partial charge is 0.0377 e. The fraction of sp³-hybridized carbons (Fsp3) is 0.500. The maximum Gasteiger partial charge on any atom is 0.0377 e. The Morgan fingerprint density at radius 2 is 1.70 bits per heavy atom. The first kappa shape index (κ1) is 10.2. The Morgan fingerprint density at radius 1 is 1.10 bits per heavy atom. The molecule has 0 nitrogen and oxygen atoms in total. The molecule has 0 aromatic rings. The van der Waals surface area contributed by atoms with E-state index in [2.05, 4.69) is 25.3 Å². The normalized spacial score (nSPS) is 18.4. The molecule has 58 valence electrons. The molecular formula is C8H14S2. The Labute approximate surface area is 74.2 Å². The van der Waals surface area contributed by atoms with Crippen molar-refractivity contribution >= 4 is 25.3 Å². The Morgan fingerprint density at radius 3 is 2.10 bits per heavy atom. The zero-order valence-corrected chi connectivity index (χ0v) is 8.15. The van der Waals surface area contributed by atoms with E-state index in [1.807, 2.05) is 38.2 Å². The quantitative estimate of drug-likeness (QED) is 0.477. The third kappa shape index (κ3) is 6.30. The van der Waals surface area contributed by atoms with E-state index in [9.17, 15) is 0 Å². The molecule has 0 radical (unpaired) electrons. The molecule has 10 heavy (non-hydrogen) atoms. The molecule has 0 bridgehead atoms. The molecule has 0 rings (SSSR count). The molecule has 0 aliphatic carbocycles. The van der Waals surface area contributed by atoms with E-state index in [0.29, 0.717) is 5.25 Å². The minimum absolute atomic E-state index is 0.236. The average Bonchev–Trinajstić information content (AvgIpc) is 1.85. The highest BCUT2D eigenvalue weighted by atomic mass is 32.1. The van der Waals surface area contributed by atoms with Gasteiger partial charge >= 0.3 is 0 Å². The van der Waals surface area contributed by atoms with Crippen LogP contribution in [-0.4, -0.2) is 10.5 Å². The summed E-state index contributed by atoms with van der Waals surface area (Å²) in [4.78, 5) is 0. The summed E-state index contributed by atoms with van der Waals surface area (Å²) in [5.74, 6) is 0. The molecule has 2 unspecified atom stereocenters. The van der Waals surface area contributed by atoms with Crippen LogP contribution < -0.4 is 0 Å². The van der Waals surface area contributed by atoms with Crippen molar-refractivity contribution in [3.05, 3.63) is 24.3 Å². The van der Waals surface area contributed by atoms with Gasteiger partial charge in [0.05, 0.1) is 0 Å². The highest BCUT2D eigenvalue weighted by Gasteiger charge is 1.89. The Hall–Kier alpha value is 0.180. The summed E-state index contributed by atoms with van der Waals surface area (Å²) in [5.41, 5.74) is 0. The molecule has 0 saturated heterocycles. The van der Waals surface area contributed by atoms with Crippen molar-refractivity contribution < 1.29 is 0 Å². The third-order valence-electron chi connectivity index (χ3n) is 0.976. The molecule has 0 fully saturated rings. The van der Waals surface area contributed by atoms with Crippen LogP contribution in [0, 0.1) is 0 Å². The van der Waals surface area contributed by atoms with Crippen molar-refractivity contribution in [2.24, 2.45) is 0 Å². The molecule has 2 atom stereocenters. The number of thiol groups is 2. The van der Waals surface area contributed by atoms with Crippen LogP contribution in [0.3, 0.4) is 0 Å². The van der Waals surface area contributed by atoms with Crippen molar-refractivity contribution in [1.82, 2.24) is 0 Å². The molecule has 0 spiro atoms. The molecule has 0 aliphatic heterocycles. The van der Waals surface area contributed by atoms with Crippen molar-refractivity contribution in [1.29, 1.82) is 0 Å². The van der Waals surface area contributed by atoms with Gasteiger partial charge in [-0.1, -0.05) is 31.2 Å². The highest BCUT2D eigenvalue weighted by molar-refractivity contribution is 7.81. The van der Waals surface area contributed by atoms with Gasteiger partial charge in [0.25, 0.3) is 0 Å². The van der Waals surface area contributed by atoms with E-state index >= 15 is 0 Å². The second-order valence-corrected chi connectivity index (χ2v) is 3.55. The zero-order chi connectivity index (χ0) is 7.98. The van der Waals surface area contributed by atoms with Crippen molar-refractivity contribution in [2.75, 3.05) is 0 Å². The fourth-order valence-electron chi connectivity index (χ4n) is 0.536. The number of hydrogen-bond acceptors (Lipinski definition) is 2. The lowest BCUT2D eigenvalue weighted by molar-refractivity contribution is 1.23. The number of allylic oxidation sites excluding steroid dienone is 1. The van der Waals surface area contributed by atoms with Gasteiger partial charge in [0.1, 0.15) is 0 Å². The number of hydrogen-bond donors (Lipinski definition) is 2. The van der Waals surface area contributed by atoms with Gasteiger partial charge in [-0.25, -0.2) is 0 Å². The Balaban J connectivity index is 3.66. The first-order valence-electron chi connectivity index (χ1n) is 3.34. The maximum atomic E-state index is 4.28. The van der Waals surface area contributed by atoms with Gasteiger partial charge in [-0.3, -0.25) is 0 Å². The molecule has 0 aromatic carbocycles. The third-order valence-corrected chi connectivity index (χ3v) is 1.49. The van der Waals surface area contributed by atoms with Crippen LogP contribution in [0.4, 0.5) is 0 Å². The molecule has 0 N–H and O–H groups in total. The van der Waals surface area contributed by atoms with Crippen LogP contribution >= 0.6 is 25.3 Å². The van der Waals surface area contributed by atoms with Gasteiger partial charge in [-0.2, -0.15) is 25.3 Å². The van der Waals surface area contributed by atoms with Gasteiger partial charge in [0.2, 0.25) is 0 Å². The Kier molecular flexibility index (Phi) is 6.03. The molecule has 0 saturated carbocycles. The topological polar surface area (TPSA) is 0 Å². The summed E-state index contributed by atoms with van der Waals surface area (Å²) in [6.07, 6.45) is 8.07. The summed E-state index contributed by atoms with van der Waals surface area (Å²) in [5, 5.41) is 0.555. The molecule has 0 aromatic heterocycles. The van der Waals surface area contributed by atoms with Crippen LogP contribution in [0.15, 0.2) is 24.3 Å². The lowest BCUT2D eigenvalue weighted by Crippen LogP contribution is -1.89. The largest absolute Gasteiger partial charge is 0.172 e. The van der Waals surface area contributed by atoms with Gasteiger partial charge in [-0.15, -0.1) is 0 Å².